The molecule has 0 unspecified atom stereocenters. The highest BCUT2D eigenvalue weighted by atomic mass is 32.2. The van der Waals surface area contributed by atoms with Gasteiger partial charge < -0.3 is 5.73 Å². The van der Waals surface area contributed by atoms with E-state index in [0.717, 1.165) is 21.8 Å². The first-order chi connectivity index (χ1) is 8.53. The Morgan fingerprint density at radius 2 is 2.06 bits per heavy atom. The first kappa shape index (κ1) is 12.9. The molecule has 96 valence electrons. The number of hydrogen-bond acceptors (Lipinski definition) is 6. The maximum Gasteiger partial charge on any atom is 0.273 e. The first-order valence-electron chi connectivity index (χ1n) is 5.12. The van der Waals surface area contributed by atoms with E-state index in [4.69, 9.17) is 5.73 Å². The van der Waals surface area contributed by atoms with E-state index in [0.29, 0.717) is 6.54 Å². The highest BCUT2D eigenvalue weighted by molar-refractivity contribution is 7.94. The highest BCUT2D eigenvalue weighted by Gasteiger charge is 2.19. The Morgan fingerprint density at radius 3 is 2.61 bits per heavy atom. The second kappa shape index (κ2) is 5.01. The van der Waals surface area contributed by atoms with Crippen molar-refractivity contribution in [1.29, 1.82) is 0 Å². The lowest BCUT2D eigenvalue weighted by molar-refractivity contribution is 0.602. The van der Waals surface area contributed by atoms with Crippen LogP contribution in [0.5, 0.6) is 0 Å². The Morgan fingerprint density at radius 1 is 1.39 bits per heavy atom. The second-order valence-electron chi connectivity index (χ2n) is 3.55. The molecule has 0 amide bonds. The number of nitrogens with two attached hydrogens (primary N) is 1. The van der Waals surface area contributed by atoms with Crippen LogP contribution in [0.2, 0.25) is 0 Å². The van der Waals surface area contributed by atoms with Crippen LogP contribution in [-0.4, -0.2) is 18.4 Å². The minimum atomic E-state index is -3.64. The molecule has 0 radical (unpaired) electrons. The van der Waals surface area contributed by atoms with Crippen molar-refractivity contribution in [2.24, 2.45) is 5.73 Å². The third-order valence-electron chi connectivity index (χ3n) is 2.24. The number of aromatic nitrogens is 2. The summed E-state index contributed by atoms with van der Waals surface area (Å²) in [5.74, 6) is 0.0536. The standard InChI is InChI=1S/C10H12N4O2S2/c1-7-5-9(17-8(7)6-11)18(15,16)14-10-12-3-2-4-13-10/h2-5H,6,11H2,1H3,(H,12,13,14). The number of anilines is 1. The highest BCUT2D eigenvalue weighted by Crippen LogP contribution is 2.26. The Labute approximate surface area is 109 Å². The maximum absolute atomic E-state index is 12.1. The van der Waals surface area contributed by atoms with Crippen molar-refractivity contribution in [1.82, 2.24) is 9.97 Å². The van der Waals surface area contributed by atoms with Gasteiger partial charge >= 0.3 is 0 Å². The number of sulfonamides is 1. The summed E-state index contributed by atoms with van der Waals surface area (Å²) in [5, 5.41) is 0. The molecular weight excluding hydrogens is 272 g/mol. The minimum Gasteiger partial charge on any atom is -0.326 e. The van der Waals surface area contributed by atoms with Crippen LogP contribution < -0.4 is 10.5 Å². The molecule has 0 atom stereocenters. The Hall–Kier alpha value is -1.51. The molecule has 0 aliphatic rings. The molecule has 18 heavy (non-hydrogen) atoms. The van der Waals surface area contributed by atoms with Crippen LogP contribution >= 0.6 is 11.3 Å². The molecule has 0 saturated carbocycles. The van der Waals surface area contributed by atoms with Gasteiger partial charge in [-0.15, -0.1) is 11.3 Å². The van der Waals surface area contributed by atoms with Crippen molar-refractivity contribution in [3.8, 4) is 0 Å². The summed E-state index contributed by atoms with van der Waals surface area (Å²) in [5.41, 5.74) is 6.40. The molecule has 0 aliphatic heterocycles. The molecular formula is C10H12N4O2S2. The van der Waals surface area contributed by atoms with Crippen LogP contribution in [0.15, 0.2) is 28.7 Å². The van der Waals surface area contributed by atoms with Gasteiger partial charge in [-0.05, 0) is 24.6 Å². The van der Waals surface area contributed by atoms with Gasteiger partial charge in [0.2, 0.25) is 5.95 Å². The summed E-state index contributed by atoms with van der Waals surface area (Å²) >= 11 is 1.15. The van der Waals surface area contributed by atoms with Gasteiger partial charge in [-0.25, -0.2) is 23.1 Å². The number of nitrogens with zero attached hydrogens (tertiary/aromatic N) is 2. The molecule has 0 aromatic carbocycles. The van der Waals surface area contributed by atoms with Crippen LogP contribution in [-0.2, 0) is 16.6 Å². The monoisotopic (exact) mass is 284 g/mol. The minimum absolute atomic E-state index is 0.0536. The molecule has 0 saturated heterocycles. The van der Waals surface area contributed by atoms with Crippen LogP contribution in [0.1, 0.15) is 10.4 Å². The van der Waals surface area contributed by atoms with Crippen LogP contribution in [0.4, 0.5) is 5.95 Å². The van der Waals surface area contributed by atoms with Gasteiger partial charge in [-0.3, -0.25) is 0 Å². The van der Waals surface area contributed by atoms with Gasteiger partial charge in [0.05, 0.1) is 0 Å². The van der Waals surface area contributed by atoms with Crippen molar-refractivity contribution in [2.45, 2.75) is 17.7 Å². The second-order valence-corrected chi connectivity index (χ2v) is 6.60. The smallest absolute Gasteiger partial charge is 0.273 e. The van der Waals surface area contributed by atoms with Crippen molar-refractivity contribution in [2.75, 3.05) is 4.72 Å². The van der Waals surface area contributed by atoms with E-state index in [9.17, 15) is 8.42 Å². The lowest BCUT2D eigenvalue weighted by atomic mass is 10.3. The van der Waals surface area contributed by atoms with E-state index >= 15 is 0 Å². The summed E-state index contributed by atoms with van der Waals surface area (Å²) in [6, 6.07) is 3.21. The van der Waals surface area contributed by atoms with Crippen molar-refractivity contribution < 1.29 is 8.42 Å². The van der Waals surface area contributed by atoms with Gasteiger partial charge in [-0.2, -0.15) is 0 Å². The SMILES string of the molecule is Cc1cc(S(=O)(=O)Nc2ncccn2)sc1CN. The third-order valence-corrected chi connectivity index (χ3v) is 5.30. The molecule has 6 nitrogen and oxygen atoms in total. The van der Waals surface area contributed by atoms with Crippen molar-refractivity contribution >= 4 is 27.3 Å². The first-order valence-corrected chi connectivity index (χ1v) is 7.42. The molecule has 0 bridgehead atoms. The van der Waals surface area contributed by atoms with E-state index in [2.05, 4.69) is 14.7 Å². The summed E-state index contributed by atoms with van der Waals surface area (Å²) in [6.45, 7) is 2.16. The third kappa shape index (κ3) is 2.66. The summed E-state index contributed by atoms with van der Waals surface area (Å²) in [6.07, 6.45) is 2.94. The molecule has 2 heterocycles. The van der Waals surface area contributed by atoms with E-state index in [1.54, 1.807) is 12.1 Å². The fourth-order valence-corrected chi connectivity index (χ4v) is 3.77. The molecule has 0 spiro atoms. The summed E-state index contributed by atoms with van der Waals surface area (Å²) in [7, 11) is -3.64. The molecule has 0 fully saturated rings. The fraction of sp³-hybridized carbons (Fsp3) is 0.200. The molecule has 0 aliphatic carbocycles. The Kier molecular flexibility index (Phi) is 3.60. The maximum atomic E-state index is 12.1. The molecule has 2 aromatic rings. The quantitative estimate of drug-likeness (QED) is 0.876. The van der Waals surface area contributed by atoms with Gasteiger partial charge in [0.15, 0.2) is 0 Å². The zero-order valence-electron chi connectivity index (χ0n) is 9.62. The number of rotatable bonds is 4. The predicted octanol–water partition coefficient (Wildman–Crippen LogP) is 1.11. The van der Waals surface area contributed by atoms with Crippen LogP contribution in [0.3, 0.4) is 0 Å². The predicted molar refractivity (Wildman–Crippen MR) is 69.8 cm³/mol. The van der Waals surface area contributed by atoms with E-state index in [1.807, 2.05) is 6.92 Å². The lowest BCUT2D eigenvalue weighted by Gasteiger charge is -2.03. The topological polar surface area (TPSA) is 98.0 Å². The van der Waals surface area contributed by atoms with Gasteiger partial charge in [0, 0.05) is 23.8 Å². The van der Waals surface area contributed by atoms with E-state index in [1.165, 1.54) is 12.4 Å². The summed E-state index contributed by atoms with van der Waals surface area (Å²) < 4.78 is 26.7. The van der Waals surface area contributed by atoms with E-state index < -0.39 is 10.0 Å². The average molecular weight is 284 g/mol. The molecule has 8 heteroatoms. The van der Waals surface area contributed by atoms with E-state index in [-0.39, 0.29) is 10.2 Å². The number of nitrogens with one attached hydrogen (secondary N) is 1. The normalized spacial score (nSPS) is 11.4. The Bertz CT molecular complexity index is 637. The molecule has 3 N–H and O–H groups in total. The van der Waals surface area contributed by atoms with Crippen molar-refractivity contribution in [3.05, 3.63) is 35.0 Å². The van der Waals surface area contributed by atoms with Crippen molar-refractivity contribution in [3.63, 3.8) is 0 Å². The summed E-state index contributed by atoms with van der Waals surface area (Å²) in [4.78, 5) is 8.49. The fourth-order valence-electron chi connectivity index (χ4n) is 1.35. The van der Waals surface area contributed by atoms with Gasteiger partial charge in [0.25, 0.3) is 10.0 Å². The zero-order chi connectivity index (χ0) is 13.2. The average Bonchev–Trinajstić information content (AvgIpc) is 2.72. The number of aryl methyl sites for hydroxylation is 1. The zero-order valence-corrected chi connectivity index (χ0v) is 11.3. The largest absolute Gasteiger partial charge is 0.326 e. The Balaban J connectivity index is 2.31. The molecule has 2 rings (SSSR count). The number of hydrogen-bond donors (Lipinski definition) is 2. The van der Waals surface area contributed by atoms with Gasteiger partial charge in [0.1, 0.15) is 4.21 Å². The molecule has 2 aromatic heterocycles. The number of thiophene rings is 1. The van der Waals surface area contributed by atoms with Crippen LogP contribution in [0.25, 0.3) is 0 Å². The van der Waals surface area contributed by atoms with Crippen LogP contribution in [0, 0.1) is 6.92 Å². The van der Waals surface area contributed by atoms with Gasteiger partial charge in [-0.1, -0.05) is 0 Å². The lowest BCUT2D eigenvalue weighted by Crippen LogP contribution is -2.13.